The second-order valence-corrected chi connectivity index (χ2v) is 4.67. The van der Waals surface area contributed by atoms with Crippen LogP contribution in [0.5, 0.6) is 0 Å². The van der Waals surface area contributed by atoms with Gasteiger partial charge in [-0.15, -0.1) is 0 Å². The molecule has 4 nitrogen and oxygen atoms in total. The van der Waals surface area contributed by atoms with Gasteiger partial charge in [0.15, 0.2) is 5.49 Å². The molecule has 2 rings (SSSR count). The van der Waals surface area contributed by atoms with Crippen molar-refractivity contribution in [2.24, 2.45) is 0 Å². The minimum absolute atomic E-state index is 0.101. The fourth-order valence-corrected chi connectivity index (χ4v) is 1.93. The lowest BCUT2D eigenvalue weighted by atomic mass is 10.1. The zero-order valence-corrected chi connectivity index (χ0v) is 10.9. The first-order valence-electron chi connectivity index (χ1n) is 5.96. The van der Waals surface area contributed by atoms with Crippen LogP contribution in [-0.4, -0.2) is 21.6 Å². The zero-order valence-electron chi connectivity index (χ0n) is 10.9. The van der Waals surface area contributed by atoms with Crippen LogP contribution in [0.4, 0.5) is 13.2 Å². The smallest absolute Gasteiger partial charge is 0.282 e. The van der Waals surface area contributed by atoms with Gasteiger partial charge in [0.2, 0.25) is 5.84 Å². The first kappa shape index (κ1) is 14.2. The molecule has 0 spiro atoms. The average molecular weight is 282 g/mol. The van der Waals surface area contributed by atoms with E-state index in [1.54, 1.807) is 32.0 Å². The van der Waals surface area contributed by atoms with E-state index in [0.29, 0.717) is 10.1 Å². The van der Waals surface area contributed by atoms with E-state index < -0.39 is 17.5 Å². The maximum Gasteiger partial charge on any atom is 0.449 e. The Kier molecular flexibility index (Phi) is 3.37. The molecule has 1 aromatic carbocycles. The summed E-state index contributed by atoms with van der Waals surface area (Å²) in [4.78, 5) is 4.23. The number of aromatic nitrogens is 2. The Balaban J connectivity index is 2.90. The summed E-state index contributed by atoms with van der Waals surface area (Å²) in [5.74, 6) is -1.79. The first-order valence-corrected chi connectivity index (χ1v) is 5.96. The number of hydrogen-bond donors (Lipinski definition) is 2. The Morgan fingerprint density at radius 3 is 2.40 bits per heavy atom. The van der Waals surface area contributed by atoms with Gasteiger partial charge in [-0.3, -0.25) is 15.4 Å². The molecule has 0 saturated carbocycles. The highest BCUT2D eigenvalue weighted by molar-refractivity contribution is 5.94. The summed E-state index contributed by atoms with van der Waals surface area (Å²) in [5.41, 5.74) is 0.268. The van der Waals surface area contributed by atoms with Crippen molar-refractivity contribution in [3.05, 3.63) is 35.4 Å². The lowest BCUT2D eigenvalue weighted by Crippen LogP contribution is -2.39. The van der Waals surface area contributed by atoms with E-state index in [1.807, 2.05) is 0 Å². The molecule has 0 aliphatic rings. The SMILES string of the molecule is CC(C)c1nc2ccccc2n(C(=N)C(F)(F)F)c1=N. The van der Waals surface area contributed by atoms with Crippen molar-refractivity contribution in [3.8, 4) is 0 Å². The molecular formula is C13H13F3N4. The maximum atomic E-state index is 12.8. The highest BCUT2D eigenvalue weighted by atomic mass is 19.4. The quantitative estimate of drug-likeness (QED) is 0.612. The van der Waals surface area contributed by atoms with Crippen LogP contribution in [0.25, 0.3) is 11.0 Å². The van der Waals surface area contributed by atoms with Crippen molar-refractivity contribution in [1.29, 1.82) is 10.8 Å². The number of hydrogen-bond acceptors (Lipinski definition) is 3. The molecule has 0 bridgehead atoms. The molecule has 2 aromatic rings. The Hall–Kier alpha value is -2.18. The summed E-state index contributed by atoms with van der Waals surface area (Å²) in [6.07, 6.45) is -4.82. The van der Waals surface area contributed by atoms with Crippen LogP contribution in [0.2, 0.25) is 0 Å². The monoisotopic (exact) mass is 282 g/mol. The third kappa shape index (κ3) is 2.31. The van der Waals surface area contributed by atoms with E-state index >= 15 is 0 Å². The number of rotatable bonds is 1. The van der Waals surface area contributed by atoms with Crippen molar-refractivity contribution in [1.82, 2.24) is 9.55 Å². The van der Waals surface area contributed by atoms with Crippen LogP contribution >= 0.6 is 0 Å². The van der Waals surface area contributed by atoms with Gasteiger partial charge in [-0.2, -0.15) is 13.2 Å². The van der Waals surface area contributed by atoms with E-state index in [4.69, 9.17) is 10.8 Å². The summed E-state index contributed by atoms with van der Waals surface area (Å²) in [6, 6.07) is 6.20. The van der Waals surface area contributed by atoms with Crippen molar-refractivity contribution < 1.29 is 13.2 Å². The van der Waals surface area contributed by atoms with Crippen LogP contribution < -0.4 is 5.49 Å². The lowest BCUT2D eigenvalue weighted by Gasteiger charge is -2.17. The Labute approximate surface area is 112 Å². The Bertz CT molecular complexity index is 728. The average Bonchev–Trinajstić information content (AvgIpc) is 2.36. The summed E-state index contributed by atoms with van der Waals surface area (Å²) in [7, 11) is 0. The Morgan fingerprint density at radius 1 is 1.25 bits per heavy atom. The molecule has 0 unspecified atom stereocenters. The molecule has 106 valence electrons. The number of alkyl halides is 3. The molecule has 0 aliphatic carbocycles. The van der Waals surface area contributed by atoms with Crippen molar-refractivity contribution in [2.45, 2.75) is 25.9 Å². The fourth-order valence-electron chi connectivity index (χ4n) is 1.93. The number of para-hydroxylation sites is 2. The van der Waals surface area contributed by atoms with Crippen LogP contribution in [0.1, 0.15) is 25.5 Å². The molecule has 1 aromatic heterocycles. The summed E-state index contributed by atoms with van der Waals surface area (Å²) < 4.78 is 39.1. The Morgan fingerprint density at radius 2 is 1.85 bits per heavy atom. The number of nitrogens with one attached hydrogen (secondary N) is 2. The van der Waals surface area contributed by atoms with Crippen LogP contribution in [-0.2, 0) is 0 Å². The fraction of sp³-hybridized carbons (Fsp3) is 0.308. The van der Waals surface area contributed by atoms with E-state index in [0.717, 1.165) is 0 Å². The number of nitrogens with zero attached hydrogens (tertiary/aromatic N) is 2. The minimum Gasteiger partial charge on any atom is -0.282 e. The van der Waals surface area contributed by atoms with Crippen molar-refractivity contribution >= 4 is 16.9 Å². The van der Waals surface area contributed by atoms with Crippen molar-refractivity contribution in [2.75, 3.05) is 0 Å². The van der Waals surface area contributed by atoms with Gasteiger partial charge in [0.05, 0.1) is 16.7 Å². The van der Waals surface area contributed by atoms with E-state index in [2.05, 4.69) is 4.98 Å². The molecule has 0 amide bonds. The van der Waals surface area contributed by atoms with E-state index in [-0.39, 0.29) is 17.1 Å². The molecule has 0 aliphatic heterocycles. The van der Waals surface area contributed by atoms with E-state index in [9.17, 15) is 13.2 Å². The highest BCUT2D eigenvalue weighted by Gasteiger charge is 2.37. The van der Waals surface area contributed by atoms with Gasteiger partial charge < -0.3 is 0 Å². The zero-order chi connectivity index (χ0) is 15.1. The second kappa shape index (κ2) is 4.73. The third-order valence-electron chi connectivity index (χ3n) is 2.87. The second-order valence-electron chi connectivity index (χ2n) is 4.67. The standard InChI is InChI=1S/C13H13F3N4/c1-7(2)10-11(17)20(12(18)13(14,15)16)9-6-4-3-5-8(9)19-10/h3-7,17-18H,1-2H3. The lowest BCUT2D eigenvalue weighted by molar-refractivity contribution is -0.0624. The van der Waals surface area contributed by atoms with Gasteiger partial charge in [-0.05, 0) is 18.1 Å². The molecule has 0 saturated heterocycles. The third-order valence-corrected chi connectivity index (χ3v) is 2.87. The van der Waals surface area contributed by atoms with Gasteiger partial charge >= 0.3 is 6.18 Å². The first-order chi connectivity index (χ1) is 9.23. The number of fused-ring (bicyclic) bond motifs is 1. The van der Waals surface area contributed by atoms with Gasteiger partial charge in [0.1, 0.15) is 0 Å². The van der Waals surface area contributed by atoms with Crippen LogP contribution in [0.15, 0.2) is 24.3 Å². The molecule has 20 heavy (non-hydrogen) atoms. The minimum atomic E-state index is -4.82. The van der Waals surface area contributed by atoms with Gasteiger partial charge in [0, 0.05) is 0 Å². The molecule has 7 heteroatoms. The maximum absolute atomic E-state index is 12.8. The summed E-state index contributed by atoms with van der Waals surface area (Å²) in [5, 5.41) is 15.3. The molecule has 1 heterocycles. The van der Waals surface area contributed by atoms with E-state index in [1.165, 1.54) is 6.07 Å². The number of halogens is 3. The highest BCUT2D eigenvalue weighted by Crippen LogP contribution is 2.21. The molecule has 0 fully saturated rings. The van der Waals surface area contributed by atoms with Crippen LogP contribution in [0.3, 0.4) is 0 Å². The van der Waals surface area contributed by atoms with Crippen LogP contribution in [0, 0.1) is 10.8 Å². The topological polar surface area (TPSA) is 65.5 Å². The van der Waals surface area contributed by atoms with Crippen molar-refractivity contribution in [3.63, 3.8) is 0 Å². The molecule has 0 radical (unpaired) electrons. The normalized spacial score (nSPS) is 12.1. The van der Waals surface area contributed by atoms with Gasteiger partial charge in [-0.1, -0.05) is 26.0 Å². The summed E-state index contributed by atoms with van der Waals surface area (Å²) in [6.45, 7) is 3.49. The number of benzene rings is 1. The largest absolute Gasteiger partial charge is 0.449 e. The predicted molar refractivity (Wildman–Crippen MR) is 68.9 cm³/mol. The summed E-state index contributed by atoms with van der Waals surface area (Å²) >= 11 is 0. The van der Waals surface area contributed by atoms with Gasteiger partial charge in [-0.25, -0.2) is 4.98 Å². The molecular weight excluding hydrogens is 269 g/mol. The molecule has 0 atom stereocenters. The predicted octanol–water partition coefficient (Wildman–Crippen LogP) is 3.03. The molecule has 2 N–H and O–H groups in total. The van der Waals surface area contributed by atoms with Gasteiger partial charge in [0.25, 0.3) is 0 Å².